The average molecular weight is 511 g/mol. The van der Waals surface area contributed by atoms with Crippen LogP contribution in [-0.4, -0.2) is 70.8 Å². The number of carbonyl (C=O) groups is 4. The molecule has 0 heterocycles. The number of aliphatic hydroxyl groups excluding tert-OH is 1. The maximum absolute atomic E-state index is 13.1. The van der Waals surface area contributed by atoms with E-state index in [9.17, 15) is 24.3 Å². The second-order valence-electron chi connectivity index (χ2n) is 10.5. The standard InChI is InChI=1S/C25H38N2O9/c1-23(2,3)35-20(30)26-25(7,16-28)14-18(19(29)33-8)27(22(32)36-24(4,5)6)21(31)34-15-17-12-10-9-11-13-17/h9-13,18,28H,14-16H2,1-8H3,(H,26,30)/t18-,25-/m0/s1. The van der Waals surface area contributed by atoms with Gasteiger partial charge in [0.15, 0.2) is 0 Å². The zero-order chi connectivity index (χ0) is 27.7. The lowest BCUT2D eigenvalue weighted by atomic mass is 9.93. The Balaban J connectivity index is 3.31. The van der Waals surface area contributed by atoms with Crippen molar-refractivity contribution in [2.75, 3.05) is 13.7 Å². The van der Waals surface area contributed by atoms with Crippen molar-refractivity contribution in [1.82, 2.24) is 10.2 Å². The number of nitrogens with zero attached hydrogens (tertiary/aromatic N) is 1. The monoisotopic (exact) mass is 510 g/mol. The molecule has 0 saturated heterocycles. The Bertz CT molecular complexity index is 906. The molecule has 3 amide bonds. The third kappa shape index (κ3) is 10.5. The molecule has 1 aromatic rings. The molecule has 0 saturated carbocycles. The largest absolute Gasteiger partial charge is 0.467 e. The third-order valence-corrected chi connectivity index (χ3v) is 4.57. The van der Waals surface area contributed by atoms with E-state index in [1.54, 1.807) is 71.9 Å². The summed E-state index contributed by atoms with van der Waals surface area (Å²) < 4.78 is 20.7. The Hall–Kier alpha value is -3.34. The number of carbonyl (C=O) groups excluding carboxylic acids is 4. The predicted octanol–water partition coefficient (Wildman–Crippen LogP) is 3.77. The van der Waals surface area contributed by atoms with E-state index < -0.39 is 60.1 Å². The first-order valence-electron chi connectivity index (χ1n) is 11.4. The summed E-state index contributed by atoms with van der Waals surface area (Å²) in [6.45, 7) is 10.3. The van der Waals surface area contributed by atoms with Gasteiger partial charge in [-0.2, -0.15) is 4.90 Å². The second-order valence-corrected chi connectivity index (χ2v) is 10.5. The van der Waals surface area contributed by atoms with Crippen LogP contribution in [0.1, 0.15) is 60.5 Å². The Kier molecular flexibility index (Phi) is 10.7. The number of rotatable bonds is 8. The molecule has 0 aromatic heterocycles. The summed E-state index contributed by atoms with van der Waals surface area (Å²) in [6, 6.07) is 7.12. The number of alkyl carbamates (subject to hydrolysis) is 1. The predicted molar refractivity (Wildman–Crippen MR) is 130 cm³/mol. The Morgan fingerprint density at radius 1 is 0.917 bits per heavy atom. The van der Waals surface area contributed by atoms with Crippen LogP contribution in [0.5, 0.6) is 0 Å². The first-order valence-corrected chi connectivity index (χ1v) is 11.4. The highest BCUT2D eigenvalue weighted by molar-refractivity contribution is 5.94. The van der Waals surface area contributed by atoms with Gasteiger partial charge in [-0.3, -0.25) is 0 Å². The molecule has 0 aliphatic rings. The van der Waals surface area contributed by atoms with Crippen molar-refractivity contribution in [3.63, 3.8) is 0 Å². The number of hydrogen-bond acceptors (Lipinski definition) is 9. The summed E-state index contributed by atoms with van der Waals surface area (Å²) in [5.74, 6) is -0.983. The third-order valence-electron chi connectivity index (χ3n) is 4.57. The topological polar surface area (TPSA) is 141 Å². The highest BCUT2D eigenvalue weighted by atomic mass is 16.6. The summed E-state index contributed by atoms with van der Waals surface area (Å²) in [5, 5.41) is 12.6. The van der Waals surface area contributed by atoms with Crippen molar-refractivity contribution in [2.24, 2.45) is 0 Å². The van der Waals surface area contributed by atoms with Crippen molar-refractivity contribution in [3.05, 3.63) is 35.9 Å². The van der Waals surface area contributed by atoms with Crippen LogP contribution in [0.3, 0.4) is 0 Å². The number of methoxy groups -OCH3 is 1. The molecular formula is C25H38N2O9. The molecule has 2 N–H and O–H groups in total. The number of aliphatic hydroxyl groups is 1. The van der Waals surface area contributed by atoms with Crippen LogP contribution in [0.15, 0.2) is 30.3 Å². The van der Waals surface area contributed by atoms with Crippen molar-refractivity contribution in [2.45, 2.75) is 84.3 Å². The lowest BCUT2D eigenvalue weighted by Gasteiger charge is -2.36. The van der Waals surface area contributed by atoms with Gasteiger partial charge < -0.3 is 29.4 Å². The maximum Gasteiger partial charge on any atom is 0.420 e. The van der Waals surface area contributed by atoms with Gasteiger partial charge >= 0.3 is 24.2 Å². The molecule has 0 bridgehead atoms. The fourth-order valence-electron chi connectivity index (χ4n) is 2.98. The van der Waals surface area contributed by atoms with Gasteiger partial charge in [-0.05, 0) is 54.0 Å². The van der Waals surface area contributed by atoms with E-state index in [0.29, 0.717) is 10.5 Å². The Labute approximate surface area is 212 Å². The molecule has 1 aromatic carbocycles. The molecule has 36 heavy (non-hydrogen) atoms. The van der Waals surface area contributed by atoms with E-state index in [4.69, 9.17) is 18.9 Å². The molecule has 0 unspecified atom stereocenters. The van der Waals surface area contributed by atoms with Gasteiger partial charge in [0.25, 0.3) is 0 Å². The SMILES string of the molecule is COC(=O)[C@H](C[C@@](C)(CO)NC(=O)OC(C)(C)C)N(C(=O)OCc1ccccc1)C(=O)OC(C)(C)C. The number of amides is 3. The minimum Gasteiger partial charge on any atom is -0.467 e. The van der Waals surface area contributed by atoms with E-state index >= 15 is 0 Å². The summed E-state index contributed by atoms with van der Waals surface area (Å²) in [5.41, 5.74) is -2.69. The number of esters is 1. The van der Waals surface area contributed by atoms with Gasteiger partial charge in [-0.25, -0.2) is 19.2 Å². The molecule has 11 heteroatoms. The fourth-order valence-corrected chi connectivity index (χ4v) is 2.98. The van der Waals surface area contributed by atoms with E-state index in [1.807, 2.05) is 0 Å². The molecular weight excluding hydrogens is 472 g/mol. The normalized spacial score (nSPS) is 14.0. The van der Waals surface area contributed by atoms with Gasteiger partial charge in [-0.1, -0.05) is 30.3 Å². The van der Waals surface area contributed by atoms with Gasteiger partial charge in [-0.15, -0.1) is 0 Å². The molecule has 0 aliphatic heterocycles. The summed E-state index contributed by atoms with van der Waals surface area (Å²) >= 11 is 0. The molecule has 0 aliphatic carbocycles. The maximum atomic E-state index is 13.1. The van der Waals surface area contributed by atoms with Gasteiger partial charge in [0, 0.05) is 6.42 Å². The number of hydrogen-bond donors (Lipinski definition) is 2. The minimum absolute atomic E-state index is 0.180. The van der Waals surface area contributed by atoms with Crippen LogP contribution in [0.2, 0.25) is 0 Å². The fraction of sp³-hybridized carbons (Fsp3) is 0.600. The van der Waals surface area contributed by atoms with Gasteiger partial charge in [0.2, 0.25) is 0 Å². The molecule has 1 rings (SSSR count). The zero-order valence-electron chi connectivity index (χ0n) is 22.2. The molecule has 0 fully saturated rings. The van der Waals surface area contributed by atoms with Gasteiger partial charge in [0.1, 0.15) is 23.9 Å². The van der Waals surface area contributed by atoms with Crippen molar-refractivity contribution in [3.8, 4) is 0 Å². The first kappa shape index (κ1) is 30.7. The quantitative estimate of drug-likeness (QED) is 0.395. The number of ether oxygens (including phenoxy) is 4. The van der Waals surface area contributed by atoms with Gasteiger partial charge in [0.05, 0.1) is 19.3 Å². The highest BCUT2D eigenvalue weighted by Gasteiger charge is 2.44. The highest BCUT2D eigenvalue weighted by Crippen LogP contribution is 2.23. The lowest BCUT2D eigenvalue weighted by Crippen LogP contribution is -2.58. The molecule has 0 spiro atoms. The minimum atomic E-state index is -1.61. The average Bonchev–Trinajstić information content (AvgIpc) is 2.74. The Morgan fingerprint density at radius 3 is 1.94 bits per heavy atom. The first-order chi connectivity index (χ1) is 16.5. The molecule has 202 valence electrons. The van der Waals surface area contributed by atoms with E-state index in [1.165, 1.54) is 6.92 Å². The lowest BCUT2D eigenvalue weighted by molar-refractivity contribution is -0.147. The number of nitrogens with one attached hydrogen (secondary N) is 1. The van der Waals surface area contributed by atoms with E-state index in [0.717, 1.165) is 7.11 Å². The van der Waals surface area contributed by atoms with Crippen LogP contribution in [0, 0.1) is 0 Å². The summed E-state index contributed by atoms with van der Waals surface area (Å²) in [6.07, 6.45) is -3.61. The second kappa shape index (κ2) is 12.6. The summed E-state index contributed by atoms with van der Waals surface area (Å²) in [7, 11) is 1.08. The molecule has 0 radical (unpaired) electrons. The van der Waals surface area contributed by atoms with Crippen LogP contribution in [0.25, 0.3) is 0 Å². The smallest absolute Gasteiger partial charge is 0.420 e. The molecule has 11 nitrogen and oxygen atoms in total. The summed E-state index contributed by atoms with van der Waals surface area (Å²) in [4.78, 5) is 51.9. The van der Waals surface area contributed by atoms with Crippen LogP contribution in [0.4, 0.5) is 14.4 Å². The van der Waals surface area contributed by atoms with E-state index in [2.05, 4.69) is 5.32 Å². The van der Waals surface area contributed by atoms with Crippen LogP contribution in [-0.2, 0) is 30.3 Å². The molecule has 2 atom stereocenters. The number of imide groups is 1. The number of benzene rings is 1. The van der Waals surface area contributed by atoms with Crippen molar-refractivity contribution < 1.29 is 43.2 Å². The van der Waals surface area contributed by atoms with Crippen molar-refractivity contribution in [1.29, 1.82) is 0 Å². The Morgan fingerprint density at radius 2 is 1.47 bits per heavy atom. The van der Waals surface area contributed by atoms with Crippen molar-refractivity contribution >= 4 is 24.2 Å². The van der Waals surface area contributed by atoms with Crippen LogP contribution < -0.4 is 5.32 Å². The van der Waals surface area contributed by atoms with E-state index in [-0.39, 0.29) is 6.61 Å². The zero-order valence-corrected chi connectivity index (χ0v) is 22.2. The van der Waals surface area contributed by atoms with Crippen LogP contribution >= 0.6 is 0 Å².